The second-order valence-corrected chi connectivity index (χ2v) is 10.5. The van der Waals surface area contributed by atoms with E-state index in [4.69, 9.17) is 19.7 Å². The van der Waals surface area contributed by atoms with Gasteiger partial charge in [-0.15, -0.1) is 0 Å². The monoisotopic (exact) mass is 579 g/mol. The van der Waals surface area contributed by atoms with Crippen molar-refractivity contribution in [2.45, 2.75) is 38.5 Å². The Kier molecular flexibility index (Phi) is 7.86. The molecule has 0 amide bonds. The third-order valence-corrected chi connectivity index (χ3v) is 7.63. The molecule has 1 fully saturated rings. The van der Waals surface area contributed by atoms with Crippen LogP contribution in [0.4, 0.5) is 8.78 Å². The zero-order valence-corrected chi connectivity index (χ0v) is 23.1. The summed E-state index contributed by atoms with van der Waals surface area (Å²) in [5.74, 6) is -0.810. The van der Waals surface area contributed by atoms with Crippen molar-refractivity contribution in [1.82, 2.24) is 9.55 Å². The van der Waals surface area contributed by atoms with Gasteiger partial charge in [0.15, 0.2) is 0 Å². The Morgan fingerprint density at radius 2 is 1.84 bits per heavy atom. The number of carboxylic acid groups (broad SMARTS) is 1. The van der Waals surface area contributed by atoms with Crippen LogP contribution in [-0.4, -0.2) is 33.3 Å². The van der Waals surface area contributed by atoms with E-state index in [-0.39, 0.29) is 30.3 Å². The fourth-order valence-corrected chi connectivity index (χ4v) is 5.34. The number of aromatic nitrogens is 2. The van der Waals surface area contributed by atoms with Crippen molar-refractivity contribution in [2.75, 3.05) is 6.61 Å². The minimum atomic E-state index is -1.02. The molecule has 1 aromatic heterocycles. The molecule has 1 aliphatic heterocycles. The highest BCUT2D eigenvalue weighted by Gasteiger charge is 2.21. The Hall–Kier alpha value is -5.07. The maximum absolute atomic E-state index is 15.5. The molecule has 0 radical (unpaired) electrons. The normalized spacial score (nSPS) is 14.6. The fourth-order valence-electron chi connectivity index (χ4n) is 5.34. The Morgan fingerprint density at radius 3 is 2.58 bits per heavy atom. The van der Waals surface area contributed by atoms with Gasteiger partial charge in [-0.2, -0.15) is 5.26 Å². The maximum atomic E-state index is 15.5. The Labute approximate surface area is 246 Å². The van der Waals surface area contributed by atoms with Gasteiger partial charge in [-0.25, -0.2) is 18.6 Å². The molecule has 7 nitrogen and oxygen atoms in total. The lowest BCUT2D eigenvalue weighted by Crippen LogP contribution is -2.17. The van der Waals surface area contributed by atoms with Crippen molar-refractivity contribution in [1.29, 1.82) is 5.26 Å². The van der Waals surface area contributed by atoms with Crippen LogP contribution in [0.5, 0.6) is 5.75 Å². The van der Waals surface area contributed by atoms with Crippen molar-refractivity contribution in [3.8, 4) is 22.9 Å². The number of ether oxygens (including phenoxy) is 2. The van der Waals surface area contributed by atoms with Gasteiger partial charge in [0, 0.05) is 18.6 Å². The van der Waals surface area contributed by atoms with Crippen LogP contribution in [0, 0.1) is 23.0 Å². The molecule has 0 aliphatic carbocycles. The van der Waals surface area contributed by atoms with E-state index >= 15 is 4.39 Å². The van der Waals surface area contributed by atoms with Crippen LogP contribution in [0.2, 0.25) is 0 Å². The highest BCUT2D eigenvalue weighted by Crippen LogP contribution is 2.29. The summed E-state index contributed by atoms with van der Waals surface area (Å²) >= 11 is 0. The number of hydrogen-bond donors (Lipinski definition) is 1. The molecule has 4 aromatic carbocycles. The zero-order valence-electron chi connectivity index (χ0n) is 23.1. The number of imidazole rings is 1. The van der Waals surface area contributed by atoms with E-state index in [9.17, 15) is 14.3 Å². The lowest BCUT2D eigenvalue weighted by atomic mass is 10.0. The second kappa shape index (κ2) is 12.0. The molecule has 2 heterocycles. The summed E-state index contributed by atoms with van der Waals surface area (Å²) in [6, 6.07) is 23.1. The maximum Gasteiger partial charge on any atom is 0.335 e. The van der Waals surface area contributed by atoms with Gasteiger partial charge in [-0.05, 0) is 78.1 Å². The standard InChI is InChI=1S/C34H27F2N3O4/c35-29-13-21(18-37)6-7-26(29)20-43-27-4-1-3-22(14-27)23-8-9-24(30(36)15-23)17-33-38-31-11-10-25(34(40)41)16-32(31)39(33)19-28-5-2-12-42-28/h1,3-4,6-11,13-16,28H,2,5,12,17,19-20H2,(H,40,41)/t28-/m1/s1. The molecule has 216 valence electrons. The van der Waals surface area contributed by atoms with Crippen molar-refractivity contribution >= 4 is 17.0 Å². The first-order valence-electron chi connectivity index (χ1n) is 13.9. The molecule has 1 atom stereocenters. The Balaban J connectivity index is 1.23. The topological polar surface area (TPSA) is 97.4 Å². The number of rotatable bonds is 9. The largest absolute Gasteiger partial charge is 0.489 e. The van der Waals surface area contributed by atoms with Gasteiger partial charge in [0.25, 0.3) is 0 Å². The van der Waals surface area contributed by atoms with Gasteiger partial charge >= 0.3 is 5.97 Å². The average molecular weight is 580 g/mol. The Bertz CT molecular complexity index is 1870. The summed E-state index contributed by atoms with van der Waals surface area (Å²) in [5, 5.41) is 18.4. The predicted molar refractivity (Wildman–Crippen MR) is 156 cm³/mol. The fraction of sp³-hybridized carbons (Fsp3) is 0.206. The molecule has 0 spiro atoms. The molecule has 0 unspecified atom stereocenters. The first-order chi connectivity index (χ1) is 20.9. The van der Waals surface area contributed by atoms with Gasteiger partial charge < -0.3 is 19.1 Å². The van der Waals surface area contributed by atoms with Crippen LogP contribution in [0.15, 0.2) is 78.9 Å². The summed E-state index contributed by atoms with van der Waals surface area (Å²) in [4.78, 5) is 16.3. The van der Waals surface area contributed by atoms with Crippen molar-refractivity contribution in [2.24, 2.45) is 0 Å². The third-order valence-electron chi connectivity index (χ3n) is 7.63. The summed E-state index contributed by atoms with van der Waals surface area (Å²) < 4.78 is 43.3. The van der Waals surface area contributed by atoms with E-state index in [0.717, 1.165) is 18.4 Å². The first kappa shape index (κ1) is 28.1. The number of halogens is 2. The minimum absolute atomic E-state index is 0.0141. The van der Waals surface area contributed by atoms with Crippen LogP contribution >= 0.6 is 0 Å². The molecule has 1 saturated heterocycles. The van der Waals surface area contributed by atoms with Gasteiger partial charge in [0.1, 0.15) is 29.8 Å². The SMILES string of the molecule is N#Cc1ccc(COc2cccc(-c3ccc(Cc4nc5ccc(C(=O)O)cc5n4C[C@H]4CCCO4)c(F)c3)c2)c(F)c1. The number of nitrogens with zero attached hydrogens (tertiary/aromatic N) is 3. The van der Waals surface area contributed by atoms with Crippen molar-refractivity contribution in [3.63, 3.8) is 0 Å². The molecule has 43 heavy (non-hydrogen) atoms. The van der Waals surface area contributed by atoms with Crippen LogP contribution in [0.1, 0.15) is 45.7 Å². The highest BCUT2D eigenvalue weighted by molar-refractivity contribution is 5.92. The number of aromatic carboxylic acids is 1. The molecule has 0 saturated carbocycles. The van der Waals surface area contributed by atoms with Crippen LogP contribution in [0.3, 0.4) is 0 Å². The van der Waals surface area contributed by atoms with Gasteiger partial charge in [-0.1, -0.05) is 30.3 Å². The zero-order chi connectivity index (χ0) is 29.9. The lowest BCUT2D eigenvalue weighted by Gasteiger charge is -2.15. The summed E-state index contributed by atoms with van der Waals surface area (Å²) in [7, 11) is 0. The van der Waals surface area contributed by atoms with E-state index < -0.39 is 17.6 Å². The number of fused-ring (bicyclic) bond motifs is 1. The van der Waals surface area contributed by atoms with Gasteiger partial charge in [0.2, 0.25) is 0 Å². The molecule has 1 aliphatic rings. The van der Waals surface area contributed by atoms with Crippen LogP contribution in [0.25, 0.3) is 22.2 Å². The summed E-state index contributed by atoms with van der Waals surface area (Å²) in [5.41, 5.74) is 3.88. The molecule has 6 rings (SSSR count). The minimum Gasteiger partial charge on any atom is -0.489 e. The Morgan fingerprint density at radius 1 is 1.02 bits per heavy atom. The summed E-state index contributed by atoms with van der Waals surface area (Å²) in [6.45, 7) is 1.17. The number of carbonyl (C=O) groups is 1. The number of benzene rings is 4. The molecule has 0 bridgehead atoms. The third kappa shape index (κ3) is 6.10. The van der Waals surface area contributed by atoms with Crippen molar-refractivity contribution < 1.29 is 28.2 Å². The molecular formula is C34H27F2N3O4. The first-order valence-corrected chi connectivity index (χ1v) is 13.9. The van der Waals surface area contributed by atoms with Crippen molar-refractivity contribution in [3.05, 3.63) is 119 Å². The number of hydrogen-bond acceptors (Lipinski definition) is 5. The van der Waals surface area contributed by atoms with Gasteiger partial charge in [-0.3, -0.25) is 0 Å². The number of carboxylic acids is 1. The average Bonchev–Trinajstić information content (AvgIpc) is 3.65. The second-order valence-electron chi connectivity index (χ2n) is 10.5. The quantitative estimate of drug-likeness (QED) is 0.204. The van der Waals surface area contributed by atoms with Gasteiger partial charge in [0.05, 0.1) is 40.9 Å². The summed E-state index contributed by atoms with van der Waals surface area (Å²) in [6.07, 6.45) is 2.06. The molecule has 1 N–H and O–H groups in total. The molecule has 9 heteroatoms. The van der Waals surface area contributed by atoms with E-state index in [1.54, 1.807) is 36.4 Å². The molecule has 5 aromatic rings. The predicted octanol–water partition coefficient (Wildman–Crippen LogP) is 6.90. The molecular weight excluding hydrogens is 552 g/mol. The van der Waals surface area contributed by atoms with E-state index in [0.29, 0.717) is 52.4 Å². The van der Waals surface area contributed by atoms with E-state index in [2.05, 4.69) is 0 Å². The lowest BCUT2D eigenvalue weighted by molar-refractivity contribution is 0.0697. The highest BCUT2D eigenvalue weighted by atomic mass is 19.1. The van der Waals surface area contributed by atoms with E-state index in [1.165, 1.54) is 30.3 Å². The van der Waals surface area contributed by atoms with Crippen LogP contribution < -0.4 is 4.74 Å². The van der Waals surface area contributed by atoms with Crippen LogP contribution in [-0.2, 0) is 24.3 Å². The van der Waals surface area contributed by atoms with E-state index in [1.807, 2.05) is 22.8 Å². The smallest absolute Gasteiger partial charge is 0.335 e. The number of nitriles is 1.